The van der Waals surface area contributed by atoms with Crippen LogP contribution in [-0.2, 0) is 22.9 Å². The second kappa shape index (κ2) is 9.68. The van der Waals surface area contributed by atoms with Crippen molar-refractivity contribution in [2.75, 3.05) is 0 Å². The van der Waals surface area contributed by atoms with Crippen LogP contribution in [-0.4, -0.2) is 35.8 Å². The van der Waals surface area contributed by atoms with Gasteiger partial charge >= 0.3 is 5.25 Å². The van der Waals surface area contributed by atoms with Gasteiger partial charge in [0.15, 0.2) is 0 Å². The Hall–Kier alpha value is -2.61. The number of hydrogen-bond acceptors (Lipinski definition) is 4. The van der Waals surface area contributed by atoms with E-state index in [-0.39, 0.29) is 13.1 Å². The molecule has 7 heteroatoms. The van der Waals surface area contributed by atoms with E-state index < -0.39 is 32.1 Å². The van der Waals surface area contributed by atoms with Crippen molar-refractivity contribution in [3.8, 4) is 0 Å². The van der Waals surface area contributed by atoms with E-state index in [2.05, 4.69) is 0 Å². The van der Waals surface area contributed by atoms with E-state index in [9.17, 15) is 13.5 Å². The third kappa shape index (κ3) is 5.18. The highest BCUT2D eigenvalue weighted by molar-refractivity contribution is 7.92. The summed E-state index contributed by atoms with van der Waals surface area (Å²) < 4.78 is 55.4. The number of benzene rings is 3. The molecule has 0 spiro atoms. The van der Waals surface area contributed by atoms with Crippen molar-refractivity contribution >= 4 is 9.84 Å². The van der Waals surface area contributed by atoms with E-state index in [0.717, 1.165) is 23.3 Å². The van der Waals surface area contributed by atoms with Crippen LogP contribution < -0.4 is 0 Å². The van der Waals surface area contributed by atoms with E-state index >= 15 is 8.78 Å². The largest absolute Gasteiger partial charge is 0.384 e. The summed E-state index contributed by atoms with van der Waals surface area (Å²) in [6.45, 7) is 1.97. The highest BCUT2D eigenvalue weighted by atomic mass is 32.2. The quantitative estimate of drug-likeness (QED) is 0.527. The molecule has 0 radical (unpaired) electrons. The van der Waals surface area contributed by atoms with Crippen molar-refractivity contribution in [3.05, 3.63) is 102 Å². The lowest BCUT2D eigenvalue weighted by Crippen LogP contribution is -2.53. The Kier molecular flexibility index (Phi) is 7.20. The van der Waals surface area contributed by atoms with Crippen molar-refractivity contribution in [2.24, 2.45) is 0 Å². The summed E-state index contributed by atoms with van der Waals surface area (Å²) in [6, 6.07) is 23.8. The van der Waals surface area contributed by atoms with Crippen LogP contribution in [0.1, 0.15) is 18.1 Å². The molecule has 0 saturated carbocycles. The van der Waals surface area contributed by atoms with Gasteiger partial charge in [-0.1, -0.05) is 78.9 Å². The van der Waals surface area contributed by atoms with Gasteiger partial charge in [-0.15, -0.1) is 0 Å². The molecular formula is C24H25F2NO3S. The van der Waals surface area contributed by atoms with Crippen molar-refractivity contribution in [3.63, 3.8) is 0 Å². The molecule has 3 rings (SSSR count). The monoisotopic (exact) mass is 445 g/mol. The summed E-state index contributed by atoms with van der Waals surface area (Å²) in [5.74, 6) is 0. The van der Waals surface area contributed by atoms with Gasteiger partial charge in [-0.2, -0.15) is 8.78 Å². The summed E-state index contributed by atoms with van der Waals surface area (Å²) >= 11 is 0. The van der Waals surface area contributed by atoms with Gasteiger partial charge in [-0.3, -0.25) is 4.90 Å². The fourth-order valence-electron chi connectivity index (χ4n) is 3.38. The molecule has 4 nitrogen and oxygen atoms in total. The summed E-state index contributed by atoms with van der Waals surface area (Å²) in [5, 5.41) is 6.24. The van der Waals surface area contributed by atoms with E-state index in [4.69, 9.17) is 0 Å². The first kappa shape index (κ1) is 23.1. The molecule has 164 valence electrons. The Morgan fingerprint density at radius 3 is 1.61 bits per heavy atom. The summed E-state index contributed by atoms with van der Waals surface area (Å²) in [7, 11) is -5.07. The Balaban J connectivity index is 1.90. The van der Waals surface area contributed by atoms with Gasteiger partial charge in [-0.05, 0) is 30.2 Å². The summed E-state index contributed by atoms with van der Waals surface area (Å²) in [5.41, 5.74) is 1.73. The van der Waals surface area contributed by atoms with Crippen LogP contribution in [0, 0.1) is 0 Å². The molecule has 0 aliphatic heterocycles. The first-order chi connectivity index (χ1) is 14.7. The van der Waals surface area contributed by atoms with Crippen molar-refractivity contribution in [1.29, 1.82) is 0 Å². The molecule has 0 aromatic heterocycles. The van der Waals surface area contributed by atoms with Crippen LogP contribution in [0.15, 0.2) is 95.9 Å². The average molecular weight is 446 g/mol. The molecule has 0 bridgehead atoms. The molecule has 0 saturated heterocycles. The second-order valence-electron chi connectivity index (χ2n) is 7.44. The SMILES string of the molecule is C[C@@H]([C@H](O)C(F)(F)S(=O)(=O)c1ccccc1)N(Cc1ccccc1)Cc1ccccc1. The minimum absolute atomic E-state index is 0.273. The van der Waals surface area contributed by atoms with Gasteiger partial charge < -0.3 is 5.11 Å². The van der Waals surface area contributed by atoms with Gasteiger partial charge in [0, 0.05) is 19.1 Å². The van der Waals surface area contributed by atoms with Crippen LogP contribution in [0.25, 0.3) is 0 Å². The molecule has 0 heterocycles. The van der Waals surface area contributed by atoms with Gasteiger partial charge in [0.05, 0.1) is 4.90 Å². The van der Waals surface area contributed by atoms with Crippen LogP contribution in [0.3, 0.4) is 0 Å². The van der Waals surface area contributed by atoms with Crippen molar-refractivity contribution in [2.45, 2.75) is 42.3 Å². The minimum atomic E-state index is -5.07. The average Bonchev–Trinajstić information content (AvgIpc) is 2.79. The maximum absolute atomic E-state index is 15.1. The fourth-order valence-corrected chi connectivity index (χ4v) is 4.72. The van der Waals surface area contributed by atoms with E-state index in [1.54, 1.807) is 4.90 Å². The molecule has 1 N–H and O–H groups in total. The number of hydrogen-bond donors (Lipinski definition) is 1. The van der Waals surface area contributed by atoms with Gasteiger partial charge in [0.1, 0.15) is 6.10 Å². The minimum Gasteiger partial charge on any atom is -0.384 e. The van der Waals surface area contributed by atoms with Crippen molar-refractivity contribution < 1.29 is 22.3 Å². The Bertz CT molecular complexity index is 1020. The number of aliphatic hydroxyl groups excluding tert-OH is 1. The lowest BCUT2D eigenvalue weighted by atomic mass is 10.1. The maximum Gasteiger partial charge on any atom is 0.376 e. The molecule has 3 aromatic carbocycles. The standard InChI is InChI=1S/C24H25F2NO3S/c1-19(23(28)24(25,26)31(29,30)22-15-9-4-10-16-22)27(17-20-11-5-2-6-12-20)18-21-13-7-3-8-14-21/h2-16,19,23,28H,17-18H2,1H3/t19-,23-/m0/s1. The number of nitrogens with zero attached hydrogens (tertiary/aromatic N) is 1. The first-order valence-electron chi connectivity index (χ1n) is 9.91. The molecule has 31 heavy (non-hydrogen) atoms. The number of rotatable bonds is 9. The highest BCUT2D eigenvalue weighted by Crippen LogP contribution is 2.35. The smallest absolute Gasteiger partial charge is 0.376 e. The predicted molar refractivity (Wildman–Crippen MR) is 116 cm³/mol. The maximum atomic E-state index is 15.1. The number of aliphatic hydroxyl groups is 1. The molecule has 0 aliphatic carbocycles. The van der Waals surface area contributed by atoms with E-state index in [0.29, 0.717) is 0 Å². The third-order valence-electron chi connectivity index (χ3n) is 5.25. The van der Waals surface area contributed by atoms with Crippen LogP contribution in [0.2, 0.25) is 0 Å². The Morgan fingerprint density at radius 1 is 0.806 bits per heavy atom. The fraction of sp³-hybridized carbons (Fsp3) is 0.250. The molecule has 0 fully saturated rings. The zero-order valence-electron chi connectivity index (χ0n) is 17.1. The second-order valence-corrected chi connectivity index (χ2v) is 9.46. The normalized spacial score (nSPS) is 14.4. The molecule has 0 unspecified atom stereocenters. The van der Waals surface area contributed by atoms with Crippen molar-refractivity contribution in [1.82, 2.24) is 4.90 Å². The third-order valence-corrected chi connectivity index (χ3v) is 7.10. The highest BCUT2D eigenvalue weighted by Gasteiger charge is 2.55. The zero-order chi connectivity index (χ0) is 22.5. The van der Waals surface area contributed by atoms with Crippen LogP contribution in [0.5, 0.6) is 0 Å². The van der Waals surface area contributed by atoms with Gasteiger partial charge in [0.25, 0.3) is 0 Å². The zero-order valence-corrected chi connectivity index (χ0v) is 17.9. The Morgan fingerprint density at radius 2 is 1.19 bits per heavy atom. The lowest BCUT2D eigenvalue weighted by Gasteiger charge is -2.35. The molecule has 2 atom stereocenters. The predicted octanol–water partition coefficient (Wildman–Crippen LogP) is 4.50. The number of halogens is 2. The molecule has 3 aromatic rings. The van der Waals surface area contributed by atoms with Gasteiger partial charge in [-0.25, -0.2) is 8.42 Å². The van der Waals surface area contributed by atoms with Crippen LogP contribution >= 0.6 is 0 Å². The molecule has 0 amide bonds. The number of alkyl halides is 2. The van der Waals surface area contributed by atoms with E-state index in [1.807, 2.05) is 60.7 Å². The van der Waals surface area contributed by atoms with Crippen LogP contribution in [0.4, 0.5) is 8.78 Å². The first-order valence-corrected chi connectivity index (χ1v) is 11.4. The summed E-state index contributed by atoms with van der Waals surface area (Å²) in [4.78, 5) is 1.13. The van der Waals surface area contributed by atoms with E-state index in [1.165, 1.54) is 25.1 Å². The molecule has 0 aliphatic rings. The van der Waals surface area contributed by atoms with Gasteiger partial charge in [0.2, 0.25) is 9.84 Å². The number of sulfone groups is 1. The Labute approximate surface area is 181 Å². The summed E-state index contributed by atoms with van der Waals surface area (Å²) in [6.07, 6.45) is -2.43. The topological polar surface area (TPSA) is 57.6 Å². The lowest BCUT2D eigenvalue weighted by molar-refractivity contribution is -0.0837. The molecular weight excluding hydrogens is 420 g/mol.